The molecule has 1 aromatic carbocycles. The van der Waals surface area contributed by atoms with E-state index in [-0.39, 0.29) is 0 Å². The van der Waals surface area contributed by atoms with Crippen LogP contribution < -0.4 is 5.73 Å². The first-order valence-electron chi connectivity index (χ1n) is 6.66. The molecule has 19 heavy (non-hydrogen) atoms. The van der Waals surface area contributed by atoms with Crippen LogP contribution in [0.5, 0.6) is 0 Å². The van der Waals surface area contributed by atoms with Crippen LogP contribution in [0.3, 0.4) is 0 Å². The summed E-state index contributed by atoms with van der Waals surface area (Å²) >= 11 is 7.76. The van der Waals surface area contributed by atoms with E-state index in [2.05, 4.69) is 18.2 Å². The molecule has 102 valence electrons. The molecule has 2 rings (SSSR count). The molecule has 2 unspecified atom stereocenters. The van der Waals surface area contributed by atoms with Gasteiger partial charge >= 0.3 is 0 Å². The molecule has 0 aliphatic heterocycles. The zero-order chi connectivity index (χ0) is 13.7. The van der Waals surface area contributed by atoms with Gasteiger partial charge in [-0.05, 0) is 48.6 Å². The number of thioether (sulfide) groups is 1. The Balaban J connectivity index is 1.73. The Morgan fingerprint density at radius 3 is 2.84 bits per heavy atom. The molecule has 1 saturated carbocycles. The molecule has 1 fully saturated rings. The van der Waals surface area contributed by atoms with E-state index in [1.54, 1.807) is 0 Å². The lowest BCUT2D eigenvalue weighted by Crippen LogP contribution is -2.41. The summed E-state index contributed by atoms with van der Waals surface area (Å²) in [6.45, 7) is 0. The first kappa shape index (κ1) is 14.7. The fourth-order valence-corrected chi connectivity index (χ4v) is 3.80. The van der Waals surface area contributed by atoms with Crippen LogP contribution in [0.1, 0.15) is 31.2 Å². The molecule has 0 aromatic heterocycles. The Labute approximate surface area is 124 Å². The van der Waals surface area contributed by atoms with Crippen molar-refractivity contribution < 1.29 is 0 Å². The molecule has 0 amide bonds. The average molecular weight is 295 g/mol. The monoisotopic (exact) mass is 294 g/mol. The van der Waals surface area contributed by atoms with Gasteiger partial charge in [0.2, 0.25) is 0 Å². The number of hydrogen-bond acceptors (Lipinski definition) is 3. The maximum absolute atomic E-state index is 9.16. The topological polar surface area (TPSA) is 49.8 Å². The SMILES string of the molecule is N#CC1(N)CCCC1CCSCc1ccc(Cl)cc1. The molecule has 0 bridgehead atoms. The van der Waals surface area contributed by atoms with Crippen LogP contribution in [-0.4, -0.2) is 11.3 Å². The summed E-state index contributed by atoms with van der Waals surface area (Å²) in [6.07, 6.45) is 4.10. The summed E-state index contributed by atoms with van der Waals surface area (Å²) < 4.78 is 0. The Hall–Kier alpha value is -0.690. The number of hydrogen-bond donors (Lipinski definition) is 1. The first-order valence-corrected chi connectivity index (χ1v) is 8.19. The zero-order valence-corrected chi connectivity index (χ0v) is 12.5. The fourth-order valence-electron chi connectivity index (χ4n) is 2.65. The summed E-state index contributed by atoms with van der Waals surface area (Å²) in [5.74, 6) is 2.43. The molecule has 2 atom stereocenters. The first-order chi connectivity index (χ1) is 9.14. The van der Waals surface area contributed by atoms with E-state index >= 15 is 0 Å². The highest BCUT2D eigenvalue weighted by molar-refractivity contribution is 7.98. The normalized spacial score (nSPS) is 26.3. The lowest BCUT2D eigenvalue weighted by Gasteiger charge is -2.23. The van der Waals surface area contributed by atoms with E-state index in [1.807, 2.05) is 23.9 Å². The van der Waals surface area contributed by atoms with Crippen molar-refractivity contribution in [3.63, 3.8) is 0 Å². The molecule has 4 heteroatoms. The van der Waals surface area contributed by atoms with E-state index in [0.29, 0.717) is 5.92 Å². The number of nitriles is 1. The standard InChI is InChI=1S/C15H19ClN2S/c16-14-5-3-12(4-6-14)10-19-9-7-13-2-1-8-15(13,18)11-17/h3-6,13H,1-2,7-10,18H2. The van der Waals surface area contributed by atoms with Gasteiger partial charge in [-0.15, -0.1) is 0 Å². The Morgan fingerprint density at radius 2 is 2.16 bits per heavy atom. The predicted octanol–water partition coefficient (Wildman–Crippen LogP) is 3.98. The van der Waals surface area contributed by atoms with Crippen LogP contribution in [0.4, 0.5) is 0 Å². The van der Waals surface area contributed by atoms with Crippen LogP contribution in [0, 0.1) is 17.2 Å². The molecule has 1 aliphatic rings. The predicted molar refractivity (Wildman–Crippen MR) is 82.1 cm³/mol. The van der Waals surface area contributed by atoms with Crippen molar-refractivity contribution >= 4 is 23.4 Å². The van der Waals surface area contributed by atoms with Crippen LogP contribution in [0.25, 0.3) is 0 Å². The van der Waals surface area contributed by atoms with Gasteiger partial charge in [-0.3, -0.25) is 0 Å². The molecule has 0 heterocycles. The number of nitrogens with two attached hydrogens (primary N) is 1. The maximum atomic E-state index is 9.16. The molecule has 0 spiro atoms. The van der Waals surface area contributed by atoms with Gasteiger partial charge in [-0.25, -0.2) is 0 Å². The van der Waals surface area contributed by atoms with E-state index in [4.69, 9.17) is 22.6 Å². The van der Waals surface area contributed by atoms with Crippen molar-refractivity contribution in [1.82, 2.24) is 0 Å². The maximum Gasteiger partial charge on any atom is 0.107 e. The third-order valence-electron chi connectivity index (χ3n) is 3.87. The second-order valence-corrected chi connectivity index (χ2v) is 6.75. The van der Waals surface area contributed by atoms with Gasteiger partial charge in [0.05, 0.1) is 6.07 Å². The Morgan fingerprint density at radius 1 is 1.42 bits per heavy atom. The van der Waals surface area contributed by atoms with Crippen LogP contribution in [0.15, 0.2) is 24.3 Å². The second-order valence-electron chi connectivity index (χ2n) is 5.21. The van der Waals surface area contributed by atoms with Crippen molar-refractivity contribution in [2.45, 2.75) is 37.0 Å². The summed E-state index contributed by atoms with van der Waals surface area (Å²) in [5.41, 5.74) is 6.85. The van der Waals surface area contributed by atoms with Gasteiger partial charge in [0, 0.05) is 10.8 Å². The highest BCUT2D eigenvalue weighted by Gasteiger charge is 2.39. The van der Waals surface area contributed by atoms with Crippen molar-refractivity contribution in [1.29, 1.82) is 5.26 Å². The minimum atomic E-state index is -0.569. The highest BCUT2D eigenvalue weighted by atomic mass is 35.5. The second kappa shape index (κ2) is 6.65. The molecular formula is C15H19ClN2S. The van der Waals surface area contributed by atoms with E-state index in [0.717, 1.165) is 42.2 Å². The minimum absolute atomic E-state index is 0.371. The quantitative estimate of drug-likeness (QED) is 0.836. The van der Waals surface area contributed by atoms with Crippen molar-refractivity contribution in [3.8, 4) is 6.07 Å². The molecule has 1 aliphatic carbocycles. The third-order valence-corrected chi connectivity index (χ3v) is 5.19. The van der Waals surface area contributed by atoms with Gasteiger partial charge < -0.3 is 5.73 Å². The van der Waals surface area contributed by atoms with Crippen LogP contribution >= 0.6 is 23.4 Å². The van der Waals surface area contributed by atoms with Gasteiger partial charge in [0.25, 0.3) is 0 Å². The van der Waals surface area contributed by atoms with Gasteiger partial charge in [0.15, 0.2) is 0 Å². The molecule has 0 radical (unpaired) electrons. The molecule has 2 N–H and O–H groups in total. The Kier molecular flexibility index (Phi) is 5.15. The largest absolute Gasteiger partial charge is 0.313 e. The van der Waals surface area contributed by atoms with Gasteiger partial charge in [0.1, 0.15) is 5.54 Å². The molecule has 1 aromatic rings. The number of rotatable bonds is 5. The number of halogens is 1. The lowest BCUT2D eigenvalue weighted by molar-refractivity contribution is 0.389. The zero-order valence-electron chi connectivity index (χ0n) is 10.9. The summed E-state index contributed by atoms with van der Waals surface area (Å²) in [4.78, 5) is 0. The van der Waals surface area contributed by atoms with Crippen molar-refractivity contribution in [3.05, 3.63) is 34.9 Å². The van der Waals surface area contributed by atoms with Crippen LogP contribution in [0.2, 0.25) is 5.02 Å². The van der Waals surface area contributed by atoms with Crippen molar-refractivity contribution in [2.24, 2.45) is 11.7 Å². The van der Waals surface area contributed by atoms with Crippen LogP contribution in [-0.2, 0) is 5.75 Å². The minimum Gasteiger partial charge on any atom is -0.313 e. The summed E-state index contributed by atoms with van der Waals surface area (Å²) in [6, 6.07) is 10.3. The summed E-state index contributed by atoms with van der Waals surface area (Å²) in [5, 5.41) is 9.94. The average Bonchev–Trinajstić information content (AvgIpc) is 2.79. The smallest absolute Gasteiger partial charge is 0.107 e. The molecule has 2 nitrogen and oxygen atoms in total. The highest BCUT2D eigenvalue weighted by Crippen LogP contribution is 2.36. The number of benzene rings is 1. The van der Waals surface area contributed by atoms with E-state index in [1.165, 1.54) is 5.56 Å². The summed E-state index contributed by atoms with van der Waals surface area (Å²) in [7, 11) is 0. The van der Waals surface area contributed by atoms with Crippen molar-refractivity contribution in [2.75, 3.05) is 5.75 Å². The van der Waals surface area contributed by atoms with E-state index in [9.17, 15) is 0 Å². The molecular weight excluding hydrogens is 276 g/mol. The van der Waals surface area contributed by atoms with Gasteiger partial charge in [-0.2, -0.15) is 17.0 Å². The Bertz CT molecular complexity index is 454. The molecule has 0 saturated heterocycles. The van der Waals surface area contributed by atoms with Gasteiger partial charge in [-0.1, -0.05) is 30.2 Å². The number of nitrogens with zero attached hydrogens (tertiary/aromatic N) is 1. The fraction of sp³-hybridized carbons (Fsp3) is 0.533. The van der Waals surface area contributed by atoms with E-state index < -0.39 is 5.54 Å². The third kappa shape index (κ3) is 3.89. The lowest BCUT2D eigenvalue weighted by atomic mass is 9.88.